The average Bonchev–Trinajstić information content (AvgIpc) is 2.68. The van der Waals surface area contributed by atoms with Crippen molar-refractivity contribution in [2.45, 2.75) is 13.5 Å². The molecule has 0 atom stereocenters. The molecule has 5 nitrogen and oxygen atoms in total. The van der Waals surface area contributed by atoms with Crippen molar-refractivity contribution in [2.24, 2.45) is 0 Å². The molecule has 0 unspecified atom stereocenters. The lowest BCUT2D eigenvalue weighted by molar-refractivity contribution is 0.0949. The number of nitrogens with zero attached hydrogens (tertiary/aromatic N) is 1. The Labute approximate surface area is 152 Å². The Bertz CT molecular complexity index is 906. The van der Waals surface area contributed by atoms with Gasteiger partial charge in [-0.3, -0.25) is 9.59 Å². The van der Waals surface area contributed by atoms with Crippen LogP contribution in [0.25, 0.3) is 0 Å². The van der Waals surface area contributed by atoms with Gasteiger partial charge in [0, 0.05) is 23.9 Å². The van der Waals surface area contributed by atoms with Crippen LogP contribution in [0.15, 0.2) is 72.9 Å². The molecule has 0 fully saturated rings. The molecule has 0 bridgehead atoms. The number of aryl methyl sites for hydroxylation is 1. The fraction of sp³-hybridized carbons (Fsp3) is 0.0952. The minimum absolute atomic E-state index is 0.219. The molecule has 1 aromatic heterocycles. The van der Waals surface area contributed by atoms with E-state index < -0.39 is 0 Å². The minimum Gasteiger partial charge on any atom is -0.348 e. The van der Waals surface area contributed by atoms with Gasteiger partial charge in [0.15, 0.2) is 0 Å². The Hall–Kier alpha value is -3.47. The van der Waals surface area contributed by atoms with Crippen LogP contribution in [0.3, 0.4) is 0 Å². The highest BCUT2D eigenvalue weighted by Crippen LogP contribution is 2.10. The van der Waals surface area contributed by atoms with Crippen molar-refractivity contribution in [3.05, 3.63) is 95.2 Å². The Morgan fingerprint density at radius 3 is 2.35 bits per heavy atom. The molecular weight excluding hydrogens is 326 g/mol. The van der Waals surface area contributed by atoms with Crippen LogP contribution in [0.1, 0.15) is 31.8 Å². The first kappa shape index (κ1) is 17.4. The predicted molar refractivity (Wildman–Crippen MR) is 101 cm³/mol. The number of anilines is 1. The lowest BCUT2D eigenvalue weighted by Gasteiger charge is -2.08. The number of benzene rings is 2. The highest BCUT2D eigenvalue weighted by atomic mass is 16.2. The first-order valence-electron chi connectivity index (χ1n) is 8.28. The summed E-state index contributed by atoms with van der Waals surface area (Å²) in [5.74, 6) is -0.152. The van der Waals surface area contributed by atoms with E-state index in [1.807, 2.05) is 37.3 Å². The van der Waals surface area contributed by atoms with Gasteiger partial charge in [0.05, 0.1) is 0 Å². The summed E-state index contributed by atoms with van der Waals surface area (Å²) in [7, 11) is 0. The fourth-order valence-electron chi connectivity index (χ4n) is 2.41. The molecule has 0 saturated carbocycles. The van der Waals surface area contributed by atoms with Gasteiger partial charge in [-0.25, -0.2) is 4.98 Å². The van der Waals surface area contributed by atoms with E-state index >= 15 is 0 Å². The van der Waals surface area contributed by atoms with E-state index in [0.29, 0.717) is 23.5 Å². The summed E-state index contributed by atoms with van der Waals surface area (Å²) in [6, 6.07) is 20.0. The van der Waals surface area contributed by atoms with Gasteiger partial charge in [-0.2, -0.15) is 0 Å². The Balaban J connectivity index is 1.63. The smallest absolute Gasteiger partial charge is 0.256 e. The standard InChI is InChI=1S/C21H19N3O2/c1-15-7-9-16(10-8-15)14-23-20(25)18-11-12-22-19(13-18)24-21(26)17-5-3-2-4-6-17/h2-13H,14H2,1H3,(H,23,25)(H,22,24,26). The van der Waals surface area contributed by atoms with Gasteiger partial charge in [0.25, 0.3) is 11.8 Å². The molecule has 0 spiro atoms. The zero-order valence-electron chi connectivity index (χ0n) is 14.4. The lowest BCUT2D eigenvalue weighted by atomic mass is 10.1. The summed E-state index contributed by atoms with van der Waals surface area (Å²) < 4.78 is 0. The molecule has 5 heteroatoms. The van der Waals surface area contributed by atoms with Crippen LogP contribution in [0, 0.1) is 6.92 Å². The molecule has 0 aliphatic rings. The second-order valence-electron chi connectivity index (χ2n) is 5.92. The van der Waals surface area contributed by atoms with Gasteiger partial charge < -0.3 is 10.6 Å². The van der Waals surface area contributed by atoms with Gasteiger partial charge in [0.2, 0.25) is 0 Å². The third-order valence-corrected chi connectivity index (χ3v) is 3.87. The SMILES string of the molecule is Cc1ccc(CNC(=O)c2ccnc(NC(=O)c3ccccc3)c2)cc1. The molecule has 0 saturated heterocycles. The second-order valence-corrected chi connectivity index (χ2v) is 5.92. The molecule has 130 valence electrons. The average molecular weight is 345 g/mol. The molecule has 0 radical (unpaired) electrons. The molecule has 0 aliphatic heterocycles. The first-order chi connectivity index (χ1) is 12.6. The summed E-state index contributed by atoms with van der Waals surface area (Å²) in [4.78, 5) is 28.6. The number of pyridine rings is 1. The maximum atomic E-state index is 12.3. The Kier molecular flexibility index (Phi) is 5.39. The van der Waals surface area contributed by atoms with E-state index in [9.17, 15) is 9.59 Å². The third-order valence-electron chi connectivity index (χ3n) is 3.87. The monoisotopic (exact) mass is 345 g/mol. The number of hydrogen-bond donors (Lipinski definition) is 2. The van der Waals surface area contributed by atoms with Crippen molar-refractivity contribution in [1.82, 2.24) is 10.3 Å². The number of aromatic nitrogens is 1. The number of carbonyl (C=O) groups is 2. The minimum atomic E-state index is -0.268. The van der Waals surface area contributed by atoms with Gasteiger partial charge in [-0.05, 0) is 36.8 Å². The van der Waals surface area contributed by atoms with Crippen molar-refractivity contribution in [3.63, 3.8) is 0 Å². The second kappa shape index (κ2) is 8.07. The molecule has 3 aromatic rings. The van der Waals surface area contributed by atoms with Crippen LogP contribution in [0.2, 0.25) is 0 Å². The van der Waals surface area contributed by atoms with Crippen molar-refractivity contribution in [3.8, 4) is 0 Å². The summed E-state index contributed by atoms with van der Waals surface area (Å²) in [6.07, 6.45) is 1.50. The summed E-state index contributed by atoms with van der Waals surface area (Å²) in [5.41, 5.74) is 3.17. The van der Waals surface area contributed by atoms with Crippen LogP contribution in [-0.4, -0.2) is 16.8 Å². The first-order valence-corrected chi connectivity index (χ1v) is 8.28. The molecule has 3 rings (SSSR count). The zero-order valence-corrected chi connectivity index (χ0v) is 14.4. The highest BCUT2D eigenvalue weighted by Gasteiger charge is 2.10. The Morgan fingerprint density at radius 1 is 0.885 bits per heavy atom. The number of carbonyl (C=O) groups excluding carboxylic acids is 2. The molecule has 2 N–H and O–H groups in total. The zero-order chi connectivity index (χ0) is 18.4. The van der Waals surface area contributed by atoms with Crippen molar-refractivity contribution in [2.75, 3.05) is 5.32 Å². The topological polar surface area (TPSA) is 71.1 Å². The summed E-state index contributed by atoms with van der Waals surface area (Å²) in [6.45, 7) is 2.46. The largest absolute Gasteiger partial charge is 0.348 e. The van der Waals surface area contributed by atoms with Crippen LogP contribution in [-0.2, 0) is 6.54 Å². The molecule has 1 heterocycles. The predicted octanol–water partition coefficient (Wildman–Crippen LogP) is 3.57. The number of nitrogens with one attached hydrogen (secondary N) is 2. The number of amides is 2. The molecular formula is C21H19N3O2. The van der Waals surface area contributed by atoms with E-state index in [1.165, 1.54) is 11.8 Å². The van der Waals surface area contributed by atoms with Crippen LogP contribution < -0.4 is 10.6 Å². The van der Waals surface area contributed by atoms with E-state index in [2.05, 4.69) is 15.6 Å². The van der Waals surface area contributed by atoms with Gasteiger partial charge in [0.1, 0.15) is 5.82 Å². The van der Waals surface area contributed by atoms with Crippen molar-refractivity contribution in [1.29, 1.82) is 0 Å². The quantitative estimate of drug-likeness (QED) is 0.742. The van der Waals surface area contributed by atoms with Crippen LogP contribution in [0.5, 0.6) is 0 Å². The normalized spacial score (nSPS) is 10.2. The summed E-state index contributed by atoms with van der Waals surface area (Å²) >= 11 is 0. The molecule has 2 aromatic carbocycles. The highest BCUT2D eigenvalue weighted by molar-refractivity contribution is 6.04. The number of hydrogen-bond acceptors (Lipinski definition) is 3. The van der Waals surface area contributed by atoms with E-state index in [-0.39, 0.29) is 11.8 Å². The van der Waals surface area contributed by atoms with Gasteiger partial charge in [-0.1, -0.05) is 48.0 Å². The maximum absolute atomic E-state index is 12.3. The van der Waals surface area contributed by atoms with E-state index in [4.69, 9.17) is 0 Å². The molecule has 0 aliphatic carbocycles. The van der Waals surface area contributed by atoms with Crippen LogP contribution in [0.4, 0.5) is 5.82 Å². The summed E-state index contributed by atoms with van der Waals surface area (Å²) in [5, 5.41) is 5.57. The maximum Gasteiger partial charge on any atom is 0.256 e. The van der Waals surface area contributed by atoms with Crippen molar-refractivity contribution < 1.29 is 9.59 Å². The lowest BCUT2D eigenvalue weighted by Crippen LogP contribution is -2.23. The fourth-order valence-corrected chi connectivity index (χ4v) is 2.41. The number of rotatable bonds is 5. The van der Waals surface area contributed by atoms with Gasteiger partial charge >= 0.3 is 0 Å². The van der Waals surface area contributed by atoms with E-state index in [0.717, 1.165) is 5.56 Å². The van der Waals surface area contributed by atoms with E-state index in [1.54, 1.807) is 36.4 Å². The molecule has 2 amide bonds. The molecule has 26 heavy (non-hydrogen) atoms. The van der Waals surface area contributed by atoms with Crippen LogP contribution >= 0.6 is 0 Å². The third kappa shape index (κ3) is 4.54. The van der Waals surface area contributed by atoms with Crippen molar-refractivity contribution >= 4 is 17.6 Å². The Morgan fingerprint density at radius 2 is 1.62 bits per heavy atom. The van der Waals surface area contributed by atoms with Gasteiger partial charge in [-0.15, -0.1) is 0 Å².